The molecule has 3 atom stereocenters. The lowest BCUT2D eigenvalue weighted by Gasteiger charge is -2.27. The Morgan fingerprint density at radius 1 is 1.31 bits per heavy atom. The second kappa shape index (κ2) is 9.41. The standard InChI is InChI=1S/C21H18ClFN6O6/c22-20-27-15(25)14-16(28-20)29(9-26-14)17-13(23)5-12(35-17)8-34-21(18(30)31,19(32)33)6-10-1-3-11(7-24)4-2-10/h1-4,9,12-13,17H,5-6,8H2,(H,30,31)(H,32,33)(H2,25,27,28). The molecule has 2 aromatic heterocycles. The van der Waals surface area contributed by atoms with Crippen LogP contribution in [0.1, 0.15) is 23.8 Å². The number of anilines is 1. The summed E-state index contributed by atoms with van der Waals surface area (Å²) in [6, 6.07) is 7.65. The predicted molar refractivity (Wildman–Crippen MR) is 117 cm³/mol. The minimum Gasteiger partial charge on any atom is -0.479 e. The van der Waals surface area contributed by atoms with Crippen LogP contribution in [0.25, 0.3) is 11.2 Å². The summed E-state index contributed by atoms with van der Waals surface area (Å²) in [4.78, 5) is 35.8. The lowest BCUT2D eigenvalue weighted by Crippen LogP contribution is -2.52. The Bertz CT molecular complexity index is 1310. The van der Waals surface area contributed by atoms with Gasteiger partial charge in [-0.1, -0.05) is 12.1 Å². The predicted octanol–water partition coefficient (Wildman–Crippen LogP) is 1.73. The number of carboxylic acid groups (broad SMARTS) is 2. The van der Waals surface area contributed by atoms with Gasteiger partial charge in [0.15, 0.2) is 17.7 Å². The highest BCUT2D eigenvalue weighted by Crippen LogP contribution is 2.35. The van der Waals surface area contributed by atoms with E-state index in [-0.39, 0.29) is 28.7 Å². The van der Waals surface area contributed by atoms with Crippen molar-refractivity contribution >= 4 is 40.5 Å². The first kappa shape index (κ1) is 24.3. The first-order valence-electron chi connectivity index (χ1n) is 10.2. The Labute approximate surface area is 201 Å². The molecule has 1 aliphatic rings. The number of hydrogen-bond acceptors (Lipinski definition) is 9. The van der Waals surface area contributed by atoms with Crippen LogP contribution in [0, 0.1) is 11.3 Å². The lowest BCUT2D eigenvalue weighted by atomic mass is 9.93. The highest BCUT2D eigenvalue weighted by molar-refractivity contribution is 6.28. The summed E-state index contributed by atoms with van der Waals surface area (Å²) >= 11 is 5.84. The van der Waals surface area contributed by atoms with Crippen LogP contribution >= 0.6 is 11.6 Å². The van der Waals surface area contributed by atoms with Gasteiger partial charge in [-0.3, -0.25) is 4.57 Å². The molecule has 1 fully saturated rings. The smallest absolute Gasteiger partial charge is 0.348 e. The topological polar surface area (TPSA) is 186 Å². The molecule has 1 saturated heterocycles. The van der Waals surface area contributed by atoms with Gasteiger partial charge in [0.1, 0.15) is 11.7 Å². The van der Waals surface area contributed by atoms with E-state index in [1.807, 2.05) is 6.07 Å². The van der Waals surface area contributed by atoms with Crippen molar-refractivity contribution in [2.24, 2.45) is 0 Å². The third-order valence-electron chi connectivity index (χ3n) is 5.57. The molecular weight excluding hydrogens is 487 g/mol. The van der Waals surface area contributed by atoms with Crippen molar-refractivity contribution in [3.63, 3.8) is 0 Å². The average Bonchev–Trinajstić information content (AvgIpc) is 3.39. The number of nitrogens with zero attached hydrogens (tertiary/aromatic N) is 5. The van der Waals surface area contributed by atoms with Gasteiger partial charge in [-0.2, -0.15) is 15.2 Å². The van der Waals surface area contributed by atoms with Gasteiger partial charge in [0.25, 0.3) is 5.60 Å². The van der Waals surface area contributed by atoms with Gasteiger partial charge in [0.2, 0.25) is 5.28 Å². The van der Waals surface area contributed by atoms with Crippen LogP contribution < -0.4 is 5.73 Å². The molecule has 1 aliphatic heterocycles. The SMILES string of the molecule is N#Cc1ccc(CC(OCC2CC(F)C(n3cnc4c(N)nc(Cl)nc43)O2)(C(=O)O)C(=O)O)cc1. The minimum absolute atomic E-state index is 0.00235. The number of ether oxygens (including phenoxy) is 2. The number of aliphatic carboxylic acids is 2. The number of fused-ring (bicyclic) bond motifs is 1. The number of rotatable bonds is 8. The first-order chi connectivity index (χ1) is 16.6. The molecule has 12 nitrogen and oxygen atoms in total. The fraction of sp³-hybridized carbons (Fsp3) is 0.333. The van der Waals surface area contributed by atoms with Crippen LogP contribution in [-0.4, -0.2) is 66.2 Å². The maximum absolute atomic E-state index is 14.9. The van der Waals surface area contributed by atoms with Crippen molar-refractivity contribution in [1.82, 2.24) is 19.5 Å². The van der Waals surface area contributed by atoms with Crippen molar-refractivity contribution in [3.05, 3.63) is 47.0 Å². The Morgan fingerprint density at radius 3 is 2.63 bits per heavy atom. The normalized spacial score (nSPS) is 20.1. The van der Waals surface area contributed by atoms with Gasteiger partial charge >= 0.3 is 11.9 Å². The third kappa shape index (κ3) is 4.59. The van der Waals surface area contributed by atoms with Crippen LogP contribution in [-0.2, 0) is 25.5 Å². The number of imidazole rings is 1. The Hall–Kier alpha value is -3.86. The molecular formula is C21H18ClFN6O6. The molecule has 0 amide bonds. The van der Waals surface area contributed by atoms with Gasteiger partial charge in [-0.05, 0) is 29.3 Å². The van der Waals surface area contributed by atoms with Crippen LogP contribution in [0.2, 0.25) is 5.28 Å². The van der Waals surface area contributed by atoms with E-state index in [2.05, 4.69) is 15.0 Å². The van der Waals surface area contributed by atoms with Gasteiger partial charge in [0, 0.05) is 12.8 Å². The zero-order valence-corrected chi connectivity index (χ0v) is 18.6. The van der Waals surface area contributed by atoms with Crippen molar-refractivity contribution in [2.45, 2.75) is 36.9 Å². The third-order valence-corrected chi connectivity index (χ3v) is 5.74. The highest BCUT2D eigenvalue weighted by atomic mass is 35.5. The molecule has 182 valence electrons. The van der Waals surface area contributed by atoms with E-state index in [1.165, 1.54) is 35.2 Å². The number of benzene rings is 1. The zero-order chi connectivity index (χ0) is 25.3. The van der Waals surface area contributed by atoms with E-state index < -0.39 is 49.1 Å². The summed E-state index contributed by atoms with van der Waals surface area (Å²) in [6.45, 7) is -0.518. The summed E-state index contributed by atoms with van der Waals surface area (Å²) in [5.41, 5.74) is 4.10. The largest absolute Gasteiger partial charge is 0.479 e. The number of aromatic nitrogens is 4. The van der Waals surface area contributed by atoms with E-state index >= 15 is 0 Å². The van der Waals surface area contributed by atoms with Crippen molar-refractivity contribution < 1.29 is 33.7 Å². The summed E-state index contributed by atoms with van der Waals surface area (Å²) in [5.74, 6) is -3.46. The molecule has 14 heteroatoms. The second-order valence-electron chi connectivity index (χ2n) is 7.84. The van der Waals surface area contributed by atoms with Crippen LogP contribution in [0.3, 0.4) is 0 Å². The molecule has 0 aliphatic carbocycles. The molecule has 35 heavy (non-hydrogen) atoms. The zero-order valence-electron chi connectivity index (χ0n) is 17.8. The number of nitrogen functional groups attached to an aromatic ring is 1. The van der Waals surface area contributed by atoms with Crippen molar-refractivity contribution in [2.75, 3.05) is 12.3 Å². The number of carboxylic acids is 2. The molecule has 3 aromatic rings. The maximum Gasteiger partial charge on any atom is 0.348 e. The molecule has 1 aromatic carbocycles. The van der Waals surface area contributed by atoms with Crippen LogP contribution in [0.4, 0.5) is 10.2 Å². The fourth-order valence-corrected chi connectivity index (χ4v) is 3.96. The van der Waals surface area contributed by atoms with E-state index in [0.29, 0.717) is 11.1 Å². The monoisotopic (exact) mass is 504 g/mol. The maximum atomic E-state index is 14.9. The quantitative estimate of drug-likeness (QED) is 0.299. The molecule has 3 unspecified atom stereocenters. The van der Waals surface area contributed by atoms with Crippen molar-refractivity contribution in [1.29, 1.82) is 5.26 Å². The molecule has 3 heterocycles. The summed E-state index contributed by atoms with van der Waals surface area (Å²) < 4.78 is 27.3. The fourth-order valence-electron chi connectivity index (χ4n) is 3.79. The lowest BCUT2D eigenvalue weighted by molar-refractivity contribution is -0.188. The second-order valence-corrected chi connectivity index (χ2v) is 8.17. The molecule has 0 bridgehead atoms. The summed E-state index contributed by atoms with van der Waals surface area (Å²) in [6.07, 6.45) is -3.22. The molecule has 4 N–H and O–H groups in total. The first-order valence-corrected chi connectivity index (χ1v) is 10.6. The van der Waals surface area contributed by atoms with Crippen LogP contribution in [0.15, 0.2) is 30.6 Å². The van der Waals surface area contributed by atoms with Gasteiger partial charge < -0.3 is 25.4 Å². The number of nitriles is 1. The van der Waals surface area contributed by atoms with E-state index in [4.69, 9.17) is 32.1 Å². The number of nitrogens with two attached hydrogens (primary N) is 1. The van der Waals surface area contributed by atoms with E-state index in [9.17, 15) is 24.2 Å². The Morgan fingerprint density at radius 2 is 2.00 bits per heavy atom. The average molecular weight is 505 g/mol. The molecule has 0 radical (unpaired) electrons. The number of carbonyl (C=O) groups is 2. The summed E-state index contributed by atoms with van der Waals surface area (Å²) in [7, 11) is 0. The number of hydrogen-bond donors (Lipinski definition) is 3. The Kier molecular flexibility index (Phi) is 6.53. The van der Waals surface area contributed by atoms with Gasteiger partial charge in [-0.25, -0.2) is 19.0 Å². The molecule has 0 saturated carbocycles. The van der Waals surface area contributed by atoms with Crippen molar-refractivity contribution in [3.8, 4) is 6.07 Å². The molecule has 4 rings (SSSR count). The number of alkyl halides is 1. The summed E-state index contributed by atoms with van der Waals surface area (Å²) in [5, 5.41) is 28.2. The van der Waals surface area contributed by atoms with Gasteiger partial charge in [0.05, 0.1) is 30.7 Å². The molecule has 0 spiro atoms. The van der Waals surface area contributed by atoms with E-state index in [1.54, 1.807) is 0 Å². The van der Waals surface area contributed by atoms with Crippen LogP contribution in [0.5, 0.6) is 0 Å². The number of halogens is 2. The van der Waals surface area contributed by atoms with Gasteiger partial charge in [-0.15, -0.1) is 0 Å². The highest BCUT2D eigenvalue weighted by Gasteiger charge is 2.50. The Balaban J connectivity index is 1.52. The van der Waals surface area contributed by atoms with E-state index in [0.717, 1.165) is 0 Å². The minimum atomic E-state index is -2.65.